The van der Waals surface area contributed by atoms with Crippen molar-refractivity contribution in [3.63, 3.8) is 0 Å². The average Bonchev–Trinajstić information content (AvgIpc) is 3.39. The van der Waals surface area contributed by atoms with Crippen molar-refractivity contribution >= 4 is 65.2 Å². The molecule has 2 rings (SSSR count). The molecule has 0 aromatic heterocycles. The van der Waals surface area contributed by atoms with E-state index >= 15 is 0 Å². The van der Waals surface area contributed by atoms with Gasteiger partial charge in [-0.2, -0.15) is 0 Å². The topological polar surface area (TPSA) is 471 Å². The van der Waals surface area contributed by atoms with Gasteiger partial charge in [0.2, 0.25) is 47.3 Å². The number of phenols is 1. The van der Waals surface area contributed by atoms with Gasteiger partial charge in [0.25, 0.3) is 0 Å². The molecule has 79 heavy (non-hydrogen) atoms. The Morgan fingerprint density at radius 1 is 0.658 bits per heavy atom. The first-order valence-corrected chi connectivity index (χ1v) is 27.3. The van der Waals surface area contributed by atoms with Crippen molar-refractivity contribution < 1.29 is 48.3 Å². The van der Waals surface area contributed by atoms with Crippen LogP contribution in [0.5, 0.6) is 5.75 Å². The van der Waals surface area contributed by atoms with Crippen molar-refractivity contribution in [3.05, 3.63) is 29.8 Å². The lowest BCUT2D eigenvalue weighted by Gasteiger charge is -2.29. The standard InChI is InChI=1S/C51H90N18O10/c1-4-13-36-43(73)66-39(28-33-17-19-34(70)20-18-33)45(75)67-40(29-52)46(76)65-38(21-16-32(2)3)48(78)68(30-41(54)71)26-9-6-5-7-22-61-51(79)62-23-8-10-27-69(47(77)35(53)14-11-24-59-49(55)56)31-42(72)63-37(44(74)64-36)15-12-25-60-50(57)58/h17-20,32,35-40,70H,4-16,21-31,52-53H2,1-3H3,(H2,54,71)(H,63,72)(H,64,74)(H,65,76)(H,66,73)(H,67,75)(H4,55,56,59)(H4,57,58,60)(H2,61,62,79)/t35-,36-,37-,38-,39-,40-/m0/s1. The van der Waals surface area contributed by atoms with Gasteiger partial charge in [0.05, 0.1) is 19.1 Å². The molecule has 0 bridgehead atoms. The number of primary amides is 1. The van der Waals surface area contributed by atoms with Crippen molar-refractivity contribution in [2.75, 3.05) is 58.9 Å². The molecule has 0 spiro atoms. The molecule has 1 fully saturated rings. The minimum Gasteiger partial charge on any atom is -0.508 e. The minimum absolute atomic E-state index is 0.0255. The second kappa shape index (κ2) is 37.3. The lowest BCUT2D eigenvalue weighted by molar-refractivity contribution is -0.140. The van der Waals surface area contributed by atoms with E-state index in [1.807, 2.05) is 13.8 Å². The predicted octanol–water partition coefficient (Wildman–Crippen LogP) is -3.22. The summed E-state index contributed by atoms with van der Waals surface area (Å²) in [4.78, 5) is 134. The Hall–Kier alpha value is -7.49. The van der Waals surface area contributed by atoms with Crippen molar-refractivity contribution in [2.24, 2.45) is 56.0 Å². The number of benzene rings is 1. The van der Waals surface area contributed by atoms with Crippen molar-refractivity contribution in [3.8, 4) is 5.75 Å². The summed E-state index contributed by atoms with van der Waals surface area (Å²) in [6.45, 7) is 5.32. The lowest BCUT2D eigenvalue weighted by Crippen LogP contribution is -2.61. The van der Waals surface area contributed by atoms with E-state index in [1.54, 1.807) is 6.92 Å². The van der Waals surface area contributed by atoms with Gasteiger partial charge in [-0.3, -0.25) is 48.3 Å². The summed E-state index contributed by atoms with van der Waals surface area (Å²) in [5.74, 6) is -6.13. The molecule has 28 nitrogen and oxygen atoms in total. The number of guanidine groups is 2. The summed E-state index contributed by atoms with van der Waals surface area (Å²) in [5, 5.41) is 29.0. The molecular weight excluding hydrogens is 1020 g/mol. The zero-order valence-corrected chi connectivity index (χ0v) is 46.3. The number of aromatic hydroxyl groups is 1. The van der Waals surface area contributed by atoms with Gasteiger partial charge in [0.1, 0.15) is 36.0 Å². The number of urea groups is 1. The number of phenolic OH excluding ortho intramolecular Hbond substituents is 1. The van der Waals surface area contributed by atoms with Crippen LogP contribution in [-0.2, 0) is 44.8 Å². The molecular formula is C51H90N18O10. The van der Waals surface area contributed by atoms with Gasteiger partial charge >= 0.3 is 6.03 Å². The highest BCUT2D eigenvalue weighted by Crippen LogP contribution is 2.15. The summed E-state index contributed by atoms with van der Waals surface area (Å²) in [6, 6.07) is -2.17. The summed E-state index contributed by atoms with van der Waals surface area (Å²) >= 11 is 0. The Morgan fingerprint density at radius 3 is 1.78 bits per heavy atom. The number of amides is 10. The molecule has 0 saturated carbocycles. The van der Waals surface area contributed by atoms with Crippen LogP contribution < -0.4 is 77.4 Å². The zero-order valence-electron chi connectivity index (χ0n) is 46.3. The fraction of sp³-hybridized carbons (Fsp3) is 0.667. The molecule has 28 heteroatoms. The van der Waals surface area contributed by atoms with Crippen molar-refractivity contribution in [1.82, 2.24) is 47.0 Å². The zero-order chi connectivity index (χ0) is 58.9. The van der Waals surface area contributed by atoms with Crippen LogP contribution in [0.3, 0.4) is 0 Å². The maximum atomic E-state index is 14.3. The summed E-state index contributed by atoms with van der Waals surface area (Å²) < 4.78 is 0. The Bertz CT molecular complexity index is 2170. The van der Waals surface area contributed by atoms with E-state index < -0.39 is 109 Å². The number of aliphatic imine (C=N–C) groups is 2. The van der Waals surface area contributed by atoms with E-state index in [4.69, 9.17) is 40.1 Å². The third kappa shape index (κ3) is 28.1. The number of nitrogens with zero attached hydrogens (tertiary/aromatic N) is 4. The second-order valence-corrected chi connectivity index (χ2v) is 20.0. The number of hydrogen-bond acceptors (Lipinski definition) is 14. The summed E-state index contributed by atoms with van der Waals surface area (Å²) in [7, 11) is 0. The van der Waals surface area contributed by atoms with Crippen molar-refractivity contribution in [1.29, 1.82) is 0 Å². The van der Waals surface area contributed by atoms with Crippen LogP contribution in [0, 0.1) is 5.92 Å². The Morgan fingerprint density at radius 2 is 1.19 bits per heavy atom. The summed E-state index contributed by atoms with van der Waals surface area (Å²) in [6.07, 6.45) is 4.74. The molecule has 1 aliphatic rings. The first-order valence-electron chi connectivity index (χ1n) is 27.3. The maximum Gasteiger partial charge on any atom is 0.314 e. The summed E-state index contributed by atoms with van der Waals surface area (Å²) in [5.41, 5.74) is 40.4. The van der Waals surface area contributed by atoms with Crippen LogP contribution in [0.2, 0.25) is 0 Å². The van der Waals surface area contributed by atoms with Gasteiger partial charge < -0.3 is 92.3 Å². The quantitative estimate of drug-likeness (QED) is 0.0368. The molecule has 0 unspecified atom stereocenters. The monoisotopic (exact) mass is 1110 g/mol. The molecule has 10 amide bonds. The largest absolute Gasteiger partial charge is 0.508 e. The van der Waals surface area contributed by atoms with Gasteiger partial charge in [-0.25, -0.2) is 4.79 Å². The molecule has 1 aromatic carbocycles. The fourth-order valence-corrected chi connectivity index (χ4v) is 8.39. The first kappa shape index (κ1) is 67.6. The molecule has 6 atom stereocenters. The average molecular weight is 1120 g/mol. The van der Waals surface area contributed by atoms with Crippen LogP contribution in [0.15, 0.2) is 34.3 Å². The first-order chi connectivity index (χ1) is 37.5. The molecule has 1 saturated heterocycles. The SMILES string of the molecule is CCC[C@@H]1NC(=O)[C@H](CCCN=C(N)N)NC(=O)CN(C(=O)[C@@H](N)CCCN=C(N)N)CCCCNC(=O)NCCCCCCN(CC(N)=O)C(=O)[C@H](CCC(C)C)NC(=O)[C@H](CN)NC(=O)[C@H](Cc2ccc(O)cc2)NC1=O. The van der Waals surface area contributed by atoms with Gasteiger partial charge in [-0.05, 0) is 94.2 Å². The smallest absolute Gasteiger partial charge is 0.314 e. The number of nitrogens with one attached hydrogen (secondary N) is 7. The van der Waals surface area contributed by atoms with E-state index in [1.165, 1.54) is 34.1 Å². The van der Waals surface area contributed by atoms with E-state index in [0.29, 0.717) is 69.9 Å². The van der Waals surface area contributed by atoms with E-state index in [2.05, 4.69) is 47.2 Å². The normalized spacial score (nSPS) is 21.2. The number of hydrogen-bond donors (Lipinski definition) is 15. The third-order valence-electron chi connectivity index (χ3n) is 12.7. The number of nitrogens with two attached hydrogens (primary N) is 7. The minimum atomic E-state index is -1.43. The predicted molar refractivity (Wildman–Crippen MR) is 299 cm³/mol. The Labute approximate surface area is 463 Å². The van der Waals surface area contributed by atoms with E-state index in [-0.39, 0.29) is 94.8 Å². The maximum absolute atomic E-state index is 14.3. The molecule has 1 heterocycles. The molecule has 0 radical (unpaired) electrons. The van der Waals surface area contributed by atoms with Crippen LogP contribution in [0.1, 0.15) is 116 Å². The fourth-order valence-electron chi connectivity index (χ4n) is 8.39. The third-order valence-corrected chi connectivity index (χ3v) is 12.7. The number of carbonyl (C=O) groups is 9. The Balaban J connectivity index is 2.62. The molecule has 0 aliphatic carbocycles. The molecule has 1 aromatic rings. The molecule has 1 aliphatic heterocycles. The van der Waals surface area contributed by atoms with Crippen LogP contribution in [0.25, 0.3) is 0 Å². The Kier molecular flexibility index (Phi) is 32.0. The molecule has 444 valence electrons. The lowest BCUT2D eigenvalue weighted by atomic mass is 10.0. The highest BCUT2D eigenvalue weighted by molar-refractivity contribution is 5.97. The highest BCUT2D eigenvalue weighted by Gasteiger charge is 2.34. The second-order valence-electron chi connectivity index (χ2n) is 20.0. The van der Waals surface area contributed by atoms with Crippen molar-refractivity contribution in [2.45, 2.75) is 153 Å². The van der Waals surface area contributed by atoms with Gasteiger partial charge in [0.15, 0.2) is 11.9 Å². The van der Waals surface area contributed by atoms with Crippen LogP contribution >= 0.6 is 0 Å². The van der Waals surface area contributed by atoms with E-state index in [9.17, 15) is 48.3 Å². The van der Waals surface area contributed by atoms with Crippen LogP contribution in [0.4, 0.5) is 4.79 Å². The van der Waals surface area contributed by atoms with E-state index in [0.717, 1.165) is 0 Å². The van der Waals surface area contributed by atoms with Crippen LogP contribution in [-0.4, -0.2) is 175 Å². The number of carbonyl (C=O) groups excluding carboxylic acids is 9. The van der Waals surface area contributed by atoms with Gasteiger partial charge in [-0.15, -0.1) is 0 Å². The van der Waals surface area contributed by atoms with Gasteiger partial charge in [-0.1, -0.05) is 52.2 Å². The van der Waals surface area contributed by atoms with Gasteiger partial charge in [0, 0.05) is 52.2 Å². The highest BCUT2D eigenvalue weighted by atomic mass is 16.3. The molecule has 22 N–H and O–H groups in total. The number of rotatable bonds is 19.